The molecule has 0 radical (unpaired) electrons. The van der Waals surface area contributed by atoms with Crippen molar-refractivity contribution in [3.05, 3.63) is 44.6 Å². The Morgan fingerprint density at radius 1 is 1.11 bits per heavy atom. The summed E-state index contributed by atoms with van der Waals surface area (Å²) in [6.45, 7) is 9.26. The van der Waals surface area contributed by atoms with Gasteiger partial charge in [0, 0.05) is 38.3 Å². The first-order valence-corrected chi connectivity index (χ1v) is 12.1. The molecule has 1 aliphatic rings. The number of amides is 1. The number of aromatic nitrogens is 6. The van der Waals surface area contributed by atoms with Crippen molar-refractivity contribution in [3.63, 3.8) is 0 Å². The van der Waals surface area contributed by atoms with Crippen LogP contribution in [0.15, 0.2) is 22.0 Å². The number of carbonyl (C=O) groups is 2. The highest BCUT2D eigenvalue weighted by Gasteiger charge is 2.31. The summed E-state index contributed by atoms with van der Waals surface area (Å²) in [6, 6.07) is 1.84. The predicted molar refractivity (Wildman–Crippen MR) is 132 cm³/mol. The smallest absolute Gasteiger partial charge is 0.358 e. The number of likely N-dealkylation sites (tertiary alicyclic amines) is 1. The van der Waals surface area contributed by atoms with Gasteiger partial charge in [-0.25, -0.2) is 14.6 Å². The lowest BCUT2D eigenvalue weighted by Gasteiger charge is -2.34. The SMILES string of the molecule is CCOC(=O)c1cc(C(C)(C)C)n(C2CCN(C(=O)Cn3cnc4c3c(=O)n(C)c(=O)n4C)CC2)n1. The molecule has 4 heterocycles. The topological polar surface area (TPSA) is 126 Å². The summed E-state index contributed by atoms with van der Waals surface area (Å²) in [7, 11) is 2.95. The summed E-state index contributed by atoms with van der Waals surface area (Å²) in [5.74, 6) is -0.571. The molecule has 3 aromatic heterocycles. The highest BCUT2D eigenvalue weighted by atomic mass is 16.5. The summed E-state index contributed by atoms with van der Waals surface area (Å²) in [5.41, 5.74) is 0.541. The van der Waals surface area contributed by atoms with Gasteiger partial charge in [0.2, 0.25) is 5.91 Å². The van der Waals surface area contributed by atoms with Gasteiger partial charge < -0.3 is 14.2 Å². The van der Waals surface area contributed by atoms with Crippen LogP contribution in [-0.4, -0.2) is 64.9 Å². The van der Waals surface area contributed by atoms with Gasteiger partial charge in [-0.05, 0) is 25.8 Å². The third-order valence-electron chi connectivity index (χ3n) is 6.67. The van der Waals surface area contributed by atoms with Gasteiger partial charge >= 0.3 is 11.7 Å². The molecule has 1 amide bonds. The molecule has 3 aromatic rings. The largest absolute Gasteiger partial charge is 0.461 e. The van der Waals surface area contributed by atoms with Crippen LogP contribution in [0.4, 0.5) is 0 Å². The molecule has 0 aliphatic carbocycles. The number of piperidine rings is 1. The maximum atomic E-state index is 13.1. The van der Waals surface area contributed by atoms with Crippen molar-refractivity contribution in [2.45, 2.75) is 58.5 Å². The van der Waals surface area contributed by atoms with Crippen LogP contribution in [0.2, 0.25) is 0 Å². The van der Waals surface area contributed by atoms with E-state index >= 15 is 0 Å². The first-order valence-electron chi connectivity index (χ1n) is 12.1. The number of hydrogen-bond acceptors (Lipinski definition) is 7. The lowest BCUT2D eigenvalue weighted by molar-refractivity contribution is -0.133. The van der Waals surface area contributed by atoms with Gasteiger partial charge in [0.1, 0.15) is 6.54 Å². The summed E-state index contributed by atoms with van der Waals surface area (Å²) >= 11 is 0. The van der Waals surface area contributed by atoms with Crippen molar-refractivity contribution in [3.8, 4) is 0 Å². The number of nitrogens with zero attached hydrogens (tertiary/aromatic N) is 7. The van der Waals surface area contributed by atoms with Crippen molar-refractivity contribution >= 4 is 23.0 Å². The highest BCUT2D eigenvalue weighted by molar-refractivity contribution is 5.87. The van der Waals surface area contributed by atoms with E-state index in [9.17, 15) is 19.2 Å². The highest BCUT2D eigenvalue weighted by Crippen LogP contribution is 2.30. The van der Waals surface area contributed by atoms with Crippen molar-refractivity contribution in [2.24, 2.45) is 14.1 Å². The average Bonchev–Trinajstić information content (AvgIpc) is 3.47. The van der Waals surface area contributed by atoms with Crippen LogP contribution < -0.4 is 11.2 Å². The average molecular weight is 500 g/mol. The van der Waals surface area contributed by atoms with E-state index in [1.54, 1.807) is 24.9 Å². The molecule has 1 aliphatic heterocycles. The van der Waals surface area contributed by atoms with Crippen LogP contribution >= 0.6 is 0 Å². The van der Waals surface area contributed by atoms with E-state index in [1.165, 1.54) is 22.5 Å². The monoisotopic (exact) mass is 499 g/mol. The molecule has 0 unspecified atom stereocenters. The van der Waals surface area contributed by atoms with E-state index in [2.05, 4.69) is 30.9 Å². The van der Waals surface area contributed by atoms with Gasteiger partial charge in [-0.3, -0.25) is 23.4 Å². The number of rotatable bonds is 5. The fourth-order valence-electron chi connectivity index (χ4n) is 4.66. The fraction of sp³-hybridized carbons (Fsp3) is 0.583. The first-order chi connectivity index (χ1) is 16.9. The van der Waals surface area contributed by atoms with Gasteiger partial charge in [-0.1, -0.05) is 20.8 Å². The summed E-state index contributed by atoms with van der Waals surface area (Å²) < 4.78 is 10.9. The lowest BCUT2D eigenvalue weighted by atomic mass is 9.91. The Balaban J connectivity index is 1.50. The third-order valence-corrected chi connectivity index (χ3v) is 6.67. The molecule has 0 N–H and O–H groups in total. The van der Waals surface area contributed by atoms with E-state index in [1.807, 2.05) is 4.68 Å². The van der Waals surface area contributed by atoms with Crippen molar-refractivity contribution in [2.75, 3.05) is 19.7 Å². The number of aryl methyl sites for hydroxylation is 1. The molecule has 0 saturated carbocycles. The van der Waals surface area contributed by atoms with E-state index in [-0.39, 0.29) is 41.7 Å². The minimum atomic E-state index is -0.483. The normalized spacial score (nSPS) is 15.0. The second kappa shape index (κ2) is 9.40. The molecule has 4 rings (SSSR count). The predicted octanol–water partition coefficient (Wildman–Crippen LogP) is 0.968. The standard InChI is InChI=1S/C24H33N7O5/c1-7-36-22(34)16-12-17(24(2,3)4)31(26-16)15-8-10-29(11-9-15)18(32)13-30-14-25-20-19(30)21(33)28(6)23(35)27(20)5/h12,14-15H,7-11,13H2,1-6H3. The molecule has 0 aromatic carbocycles. The number of imidazole rings is 1. The Morgan fingerprint density at radius 2 is 1.78 bits per heavy atom. The molecule has 0 bridgehead atoms. The summed E-state index contributed by atoms with van der Waals surface area (Å²) in [5, 5.41) is 4.58. The zero-order chi connectivity index (χ0) is 26.4. The number of hydrogen-bond donors (Lipinski definition) is 0. The number of ether oxygens (including phenoxy) is 1. The minimum absolute atomic E-state index is 0.0438. The number of carbonyl (C=O) groups excluding carboxylic acids is 2. The van der Waals surface area contributed by atoms with Crippen molar-refractivity contribution in [1.29, 1.82) is 0 Å². The van der Waals surface area contributed by atoms with E-state index in [0.29, 0.717) is 31.6 Å². The van der Waals surface area contributed by atoms with Crippen LogP contribution in [0.1, 0.15) is 62.8 Å². The maximum absolute atomic E-state index is 13.1. The van der Waals surface area contributed by atoms with E-state index < -0.39 is 17.2 Å². The Labute approximate surface area is 208 Å². The maximum Gasteiger partial charge on any atom is 0.358 e. The van der Waals surface area contributed by atoms with Gasteiger partial charge in [0.25, 0.3) is 5.56 Å². The van der Waals surface area contributed by atoms with Gasteiger partial charge in [0.15, 0.2) is 16.9 Å². The van der Waals surface area contributed by atoms with E-state index in [4.69, 9.17) is 4.74 Å². The van der Waals surface area contributed by atoms with Gasteiger partial charge in [0.05, 0.1) is 19.0 Å². The molecule has 12 nitrogen and oxygen atoms in total. The van der Waals surface area contributed by atoms with Crippen LogP contribution in [0.25, 0.3) is 11.2 Å². The molecule has 0 atom stereocenters. The number of esters is 1. The molecule has 1 fully saturated rings. The molecule has 12 heteroatoms. The Morgan fingerprint density at radius 3 is 2.39 bits per heavy atom. The fourth-order valence-corrected chi connectivity index (χ4v) is 4.66. The van der Waals surface area contributed by atoms with Crippen molar-refractivity contribution < 1.29 is 14.3 Å². The summed E-state index contributed by atoms with van der Waals surface area (Å²) in [6.07, 6.45) is 2.78. The van der Waals surface area contributed by atoms with Crippen molar-refractivity contribution in [1.82, 2.24) is 33.4 Å². The van der Waals surface area contributed by atoms with Crippen LogP contribution in [0.3, 0.4) is 0 Å². The number of fused-ring (bicyclic) bond motifs is 1. The molecule has 1 saturated heterocycles. The Hall–Kier alpha value is -3.70. The molecular formula is C24H33N7O5. The summed E-state index contributed by atoms with van der Waals surface area (Å²) in [4.78, 5) is 56.2. The Bertz CT molecular complexity index is 1430. The minimum Gasteiger partial charge on any atom is -0.461 e. The zero-order valence-corrected chi connectivity index (χ0v) is 21.6. The second-order valence-corrected chi connectivity index (χ2v) is 10.2. The molecular weight excluding hydrogens is 466 g/mol. The Kier molecular flexibility index (Phi) is 6.63. The van der Waals surface area contributed by atoms with E-state index in [0.717, 1.165) is 10.3 Å². The zero-order valence-electron chi connectivity index (χ0n) is 21.6. The van der Waals surface area contributed by atoms with Crippen LogP contribution in [-0.2, 0) is 35.6 Å². The molecule has 36 heavy (non-hydrogen) atoms. The third kappa shape index (κ3) is 4.47. The first kappa shape index (κ1) is 25.4. The molecule has 194 valence electrons. The van der Waals surface area contributed by atoms with Gasteiger partial charge in [-0.15, -0.1) is 0 Å². The second-order valence-electron chi connectivity index (χ2n) is 10.2. The van der Waals surface area contributed by atoms with Crippen LogP contribution in [0, 0.1) is 0 Å². The van der Waals surface area contributed by atoms with Crippen LogP contribution in [0.5, 0.6) is 0 Å². The van der Waals surface area contributed by atoms with Gasteiger partial charge in [-0.2, -0.15) is 5.10 Å². The quantitative estimate of drug-likeness (QED) is 0.479. The lowest BCUT2D eigenvalue weighted by Crippen LogP contribution is -2.42. The molecule has 0 spiro atoms.